The predicted octanol–water partition coefficient (Wildman–Crippen LogP) is 6.36. The quantitative estimate of drug-likeness (QED) is 0.221. The van der Waals surface area contributed by atoms with Crippen molar-refractivity contribution in [3.05, 3.63) is 136 Å². The highest BCUT2D eigenvalue weighted by atomic mass is 35.5. The zero-order chi connectivity index (χ0) is 27.9. The number of ether oxygens (including phenoxy) is 2. The number of amides is 1. The Kier molecular flexibility index (Phi) is 8.08. The van der Waals surface area contributed by atoms with Gasteiger partial charge in [0.25, 0.3) is 11.5 Å². The van der Waals surface area contributed by atoms with Crippen LogP contribution in [0, 0.1) is 0 Å². The zero-order valence-electron chi connectivity index (χ0n) is 21.5. The van der Waals surface area contributed by atoms with Crippen molar-refractivity contribution < 1.29 is 14.3 Å². The number of aromatic nitrogens is 2. The van der Waals surface area contributed by atoms with Crippen molar-refractivity contribution in [2.45, 2.75) is 6.54 Å². The second-order valence-electron chi connectivity index (χ2n) is 8.73. The lowest BCUT2D eigenvalue weighted by atomic mass is 10.1. The normalized spacial score (nSPS) is 10.6. The minimum absolute atomic E-state index is 0.141. The molecule has 1 heterocycles. The molecule has 0 aliphatic carbocycles. The zero-order valence-corrected chi connectivity index (χ0v) is 22.3. The van der Waals surface area contributed by atoms with Gasteiger partial charge in [-0.2, -0.15) is 9.78 Å². The van der Waals surface area contributed by atoms with Crippen LogP contribution in [-0.4, -0.2) is 22.8 Å². The van der Waals surface area contributed by atoms with Crippen LogP contribution in [0.25, 0.3) is 5.69 Å². The predicted molar refractivity (Wildman–Crippen MR) is 155 cm³/mol. The Morgan fingerprint density at radius 2 is 1.62 bits per heavy atom. The molecule has 1 amide bonds. The fraction of sp³-hybridized carbons (Fsp3) is 0.0645. The van der Waals surface area contributed by atoms with E-state index in [9.17, 15) is 9.59 Å². The van der Waals surface area contributed by atoms with Crippen molar-refractivity contribution in [2.24, 2.45) is 0 Å². The molecule has 0 saturated carbocycles. The highest BCUT2D eigenvalue weighted by Gasteiger charge is 2.16. The van der Waals surface area contributed by atoms with E-state index in [1.165, 1.54) is 10.9 Å². The molecule has 8 nitrogen and oxygen atoms in total. The highest BCUT2D eigenvalue weighted by molar-refractivity contribution is 6.30. The number of nitrogens with one attached hydrogen (secondary N) is 2. The fourth-order valence-electron chi connectivity index (χ4n) is 3.93. The minimum Gasteiger partial charge on any atom is -0.497 e. The van der Waals surface area contributed by atoms with Crippen LogP contribution in [0.3, 0.4) is 0 Å². The first-order valence-electron chi connectivity index (χ1n) is 12.4. The van der Waals surface area contributed by atoms with Crippen LogP contribution in [-0.2, 0) is 6.54 Å². The fourth-order valence-corrected chi connectivity index (χ4v) is 4.06. The smallest absolute Gasteiger partial charge is 0.299 e. The summed E-state index contributed by atoms with van der Waals surface area (Å²) in [6.07, 6.45) is 1.46. The van der Waals surface area contributed by atoms with E-state index in [0.717, 1.165) is 5.56 Å². The van der Waals surface area contributed by atoms with Crippen molar-refractivity contribution >= 4 is 28.9 Å². The third kappa shape index (κ3) is 6.31. The van der Waals surface area contributed by atoms with Gasteiger partial charge in [0.05, 0.1) is 19.0 Å². The first-order chi connectivity index (χ1) is 19.5. The van der Waals surface area contributed by atoms with Crippen molar-refractivity contribution in [2.75, 3.05) is 12.4 Å². The lowest BCUT2D eigenvalue weighted by Gasteiger charge is -2.15. The summed E-state index contributed by atoms with van der Waals surface area (Å²) in [5.41, 5.74) is 2.19. The maximum atomic E-state index is 13.7. The van der Waals surface area contributed by atoms with Gasteiger partial charge in [-0.1, -0.05) is 48.0 Å². The molecule has 9 heteroatoms. The topological polar surface area (TPSA) is 94.5 Å². The number of anilines is 2. The van der Waals surface area contributed by atoms with Crippen LogP contribution in [0.2, 0.25) is 5.02 Å². The van der Waals surface area contributed by atoms with Crippen LogP contribution in [0.15, 0.2) is 114 Å². The molecule has 0 aliphatic rings. The Hall–Kier alpha value is -5.08. The second kappa shape index (κ2) is 12.2. The second-order valence-corrected chi connectivity index (χ2v) is 9.17. The van der Waals surface area contributed by atoms with Gasteiger partial charge in [-0.25, -0.2) is 0 Å². The van der Waals surface area contributed by atoms with Gasteiger partial charge in [0.2, 0.25) is 0 Å². The molecule has 1 aromatic heterocycles. The molecule has 0 fully saturated rings. The summed E-state index contributed by atoms with van der Waals surface area (Å²) < 4.78 is 12.5. The summed E-state index contributed by atoms with van der Waals surface area (Å²) in [7, 11) is 1.57. The largest absolute Gasteiger partial charge is 0.497 e. The van der Waals surface area contributed by atoms with E-state index in [1.54, 1.807) is 79.9 Å². The molecule has 200 valence electrons. The van der Waals surface area contributed by atoms with Gasteiger partial charge < -0.3 is 20.1 Å². The van der Waals surface area contributed by atoms with Gasteiger partial charge >= 0.3 is 0 Å². The lowest BCUT2D eigenvalue weighted by molar-refractivity contribution is 0.0951. The third-order valence-electron chi connectivity index (χ3n) is 5.99. The maximum Gasteiger partial charge on any atom is 0.299 e. The van der Waals surface area contributed by atoms with Gasteiger partial charge in [0, 0.05) is 22.8 Å². The van der Waals surface area contributed by atoms with E-state index >= 15 is 0 Å². The van der Waals surface area contributed by atoms with Crippen molar-refractivity contribution in [1.29, 1.82) is 0 Å². The summed E-state index contributed by atoms with van der Waals surface area (Å²) in [6.45, 7) is 0.396. The number of nitrogens with zero attached hydrogens (tertiary/aromatic N) is 2. The average Bonchev–Trinajstić information content (AvgIpc) is 2.99. The van der Waals surface area contributed by atoms with E-state index in [-0.39, 0.29) is 17.3 Å². The molecule has 40 heavy (non-hydrogen) atoms. The highest BCUT2D eigenvalue weighted by Crippen LogP contribution is 2.30. The molecule has 5 rings (SSSR count). The molecular formula is C31H25ClN4O4. The Balaban J connectivity index is 1.46. The van der Waals surface area contributed by atoms with Gasteiger partial charge in [0.15, 0.2) is 11.4 Å². The van der Waals surface area contributed by atoms with E-state index in [1.807, 2.05) is 30.3 Å². The summed E-state index contributed by atoms with van der Waals surface area (Å²) in [5.74, 6) is 1.09. The molecule has 0 unspecified atom stereocenters. The van der Waals surface area contributed by atoms with Gasteiger partial charge in [-0.05, 0) is 72.3 Å². The number of benzene rings is 4. The van der Waals surface area contributed by atoms with Gasteiger partial charge in [0.1, 0.15) is 11.5 Å². The number of carbonyl (C=O) groups excluding carboxylic acids is 1. The van der Waals surface area contributed by atoms with E-state index in [2.05, 4.69) is 15.7 Å². The first kappa shape index (κ1) is 26.5. The number of carbonyl (C=O) groups is 1. The molecule has 0 radical (unpaired) electrons. The number of rotatable bonds is 9. The molecule has 4 aromatic carbocycles. The number of hydrogen-bond acceptors (Lipinski definition) is 6. The Morgan fingerprint density at radius 1 is 0.900 bits per heavy atom. The molecule has 0 atom stereocenters. The third-order valence-corrected chi connectivity index (χ3v) is 6.24. The first-order valence-corrected chi connectivity index (χ1v) is 12.8. The number of hydrogen-bond donors (Lipinski definition) is 2. The van der Waals surface area contributed by atoms with Crippen molar-refractivity contribution in [3.8, 4) is 22.9 Å². The Labute approximate surface area is 235 Å². The van der Waals surface area contributed by atoms with Crippen molar-refractivity contribution in [1.82, 2.24) is 15.1 Å². The molecule has 0 bridgehead atoms. The van der Waals surface area contributed by atoms with E-state index in [0.29, 0.717) is 40.0 Å². The maximum absolute atomic E-state index is 13.7. The summed E-state index contributed by atoms with van der Waals surface area (Å²) >= 11 is 6.01. The van der Waals surface area contributed by atoms with Crippen LogP contribution < -0.4 is 25.7 Å². The van der Waals surface area contributed by atoms with Gasteiger partial charge in [-0.15, -0.1) is 0 Å². The summed E-state index contributed by atoms with van der Waals surface area (Å²) in [6, 6.07) is 30.2. The standard InChI is InChI=1S/C31H25ClN4O4/c1-39-26-16-12-25(13-17-26)36-31(38)29(28(20-34-36)40-27-14-10-23(32)11-15-27)35-24-9-5-8-22(18-24)30(37)33-19-21-6-3-2-4-7-21/h2-18,20,35H,19H2,1H3,(H,33,37). The molecule has 0 aliphatic heterocycles. The number of halogens is 1. The monoisotopic (exact) mass is 552 g/mol. The Bertz CT molecular complexity index is 1670. The molecule has 0 saturated heterocycles. The Morgan fingerprint density at radius 3 is 2.35 bits per heavy atom. The number of methoxy groups -OCH3 is 1. The van der Waals surface area contributed by atoms with E-state index < -0.39 is 5.56 Å². The average molecular weight is 553 g/mol. The van der Waals surface area contributed by atoms with Crippen LogP contribution in [0.5, 0.6) is 17.2 Å². The van der Waals surface area contributed by atoms with Crippen LogP contribution in [0.4, 0.5) is 11.4 Å². The molecule has 2 N–H and O–H groups in total. The summed E-state index contributed by atoms with van der Waals surface area (Å²) in [4.78, 5) is 26.6. The van der Waals surface area contributed by atoms with Crippen LogP contribution in [0.1, 0.15) is 15.9 Å². The molecule has 0 spiro atoms. The minimum atomic E-state index is -0.449. The van der Waals surface area contributed by atoms with Gasteiger partial charge in [-0.3, -0.25) is 9.59 Å². The molecular weight excluding hydrogens is 528 g/mol. The van der Waals surface area contributed by atoms with Crippen molar-refractivity contribution in [3.63, 3.8) is 0 Å². The van der Waals surface area contributed by atoms with E-state index in [4.69, 9.17) is 21.1 Å². The SMILES string of the molecule is COc1ccc(-n2ncc(Oc3ccc(Cl)cc3)c(Nc3cccc(C(=O)NCc4ccccc4)c3)c2=O)cc1. The summed E-state index contributed by atoms with van der Waals surface area (Å²) in [5, 5.41) is 10.9. The molecule has 5 aromatic rings. The lowest BCUT2D eigenvalue weighted by Crippen LogP contribution is -2.24. The van der Waals surface area contributed by atoms with Crippen LogP contribution >= 0.6 is 11.6 Å².